The molecule has 0 amide bonds. The molecular weight excluding hydrogens is 296 g/mol. The van der Waals surface area contributed by atoms with Gasteiger partial charge in [0.1, 0.15) is 11.5 Å². The molecule has 23 heavy (non-hydrogen) atoms. The predicted octanol–water partition coefficient (Wildman–Crippen LogP) is 3.42. The number of Topliss-reactive ketones (excluding diaryl/α,β-unsaturated/α-hetero) is 1. The van der Waals surface area contributed by atoms with Crippen LogP contribution in [-0.2, 0) is 4.79 Å². The lowest BCUT2D eigenvalue weighted by Gasteiger charge is -2.14. The monoisotopic (exact) mass is 314 g/mol. The first-order chi connectivity index (χ1) is 11.1. The van der Waals surface area contributed by atoms with Gasteiger partial charge in [-0.2, -0.15) is 0 Å². The normalized spacial score (nSPS) is 10.2. The van der Waals surface area contributed by atoms with Gasteiger partial charge in [0.05, 0.1) is 26.2 Å². The Labute approximate surface area is 134 Å². The molecule has 0 aliphatic carbocycles. The van der Waals surface area contributed by atoms with E-state index in [9.17, 15) is 9.59 Å². The maximum absolute atomic E-state index is 12.3. The van der Waals surface area contributed by atoms with Gasteiger partial charge in [0.15, 0.2) is 5.78 Å². The number of ether oxygens (including phenoxy) is 2. The van der Waals surface area contributed by atoms with Gasteiger partial charge in [-0.15, -0.1) is 0 Å². The number of hydrogen-bond acceptors (Lipinski definition) is 4. The molecule has 0 aliphatic heterocycles. The van der Waals surface area contributed by atoms with E-state index < -0.39 is 5.97 Å². The summed E-state index contributed by atoms with van der Waals surface area (Å²) in [6.07, 6.45) is -0.291. The number of hydrogen-bond donors (Lipinski definition) is 1. The summed E-state index contributed by atoms with van der Waals surface area (Å²) < 4.78 is 10.6. The topological polar surface area (TPSA) is 72.8 Å². The summed E-state index contributed by atoms with van der Waals surface area (Å²) in [5.74, 6) is -0.321. The first kappa shape index (κ1) is 16.5. The van der Waals surface area contributed by atoms with Crippen molar-refractivity contribution < 1.29 is 24.2 Å². The number of carbonyl (C=O) groups excluding carboxylic acids is 1. The smallest absolute Gasteiger partial charge is 0.303 e. The number of benzene rings is 2. The average molecular weight is 314 g/mol. The molecule has 0 aliphatic rings. The first-order valence-electron chi connectivity index (χ1n) is 7.13. The molecule has 0 atom stereocenters. The Morgan fingerprint density at radius 2 is 1.61 bits per heavy atom. The van der Waals surface area contributed by atoms with Gasteiger partial charge in [0, 0.05) is 18.1 Å². The van der Waals surface area contributed by atoms with Gasteiger partial charge < -0.3 is 14.6 Å². The Morgan fingerprint density at radius 3 is 2.17 bits per heavy atom. The number of rotatable bonds is 7. The molecular formula is C18H18O5. The molecule has 120 valence electrons. The fourth-order valence-electron chi connectivity index (χ4n) is 2.32. The molecule has 0 bridgehead atoms. The lowest BCUT2D eigenvalue weighted by Crippen LogP contribution is -2.06. The number of ketones is 1. The van der Waals surface area contributed by atoms with Crippen molar-refractivity contribution in [2.75, 3.05) is 14.2 Å². The third-order valence-corrected chi connectivity index (χ3v) is 3.47. The SMILES string of the molecule is COc1cc(OC)c(-c2ccccc2)cc1C(=O)CCC(=O)O. The van der Waals surface area contributed by atoms with Crippen molar-refractivity contribution in [1.29, 1.82) is 0 Å². The lowest BCUT2D eigenvalue weighted by molar-refractivity contribution is -0.136. The zero-order chi connectivity index (χ0) is 16.8. The Balaban J connectivity index is 2.49. The summed E-state index contributed by atoms with van der Waals surface area (Å²) in [6.45, 7) is 0. The van der Waals surface area contributed by atoms with Crippen LogP contribution in [0.15, 0.2) is 42.5 Å². The van der Waals surface area contributed by atoms with Crippen molar-refractivity contribution in [3.8, 4) is 22.6 Å². The van der Waals surface area contributed by atoms with Crippen molar-refractivity contribution in [2.24, 2.45) is 0 Å². The number of methoxy groups -OCH3 is 2. The van der Waals surface area contributed by atoms with E-state index in [0.717, 1.165) is 11.1 Å². The Morgan fingerprint density at radius 1 is 0.957 bits per heavy atom. The quantitative estimate of drug-likeness (QED) is 0.793. The zero-order valence-corrected chi connectivity index (χ0v) is 13.0. The van der Waals surface area contributed by atoms with E-state index in [2.05, 4.69) is 0 Å². The van der Waals surface area contributed by atoms with E-state index in [1.807, 2.05) is 30.3 Å². The minimum atomic E-state index is -1.01. The van der Waals surface area contributed by atoms with Crippen LogP contribution in [0.2, 0.25) is 0 Å². The highest BCUT2D eigenvalue weighted by atomic mass is 16.5. The Kier molecular flexibility index (Phi) is 5.36. The molecule has 5 nitrogen and oxygen atoms in total. The lowest BCUT2D eigenvalue weighted by atomic mass is 9.97. The predicted molar refractivity (Wildman–Crippen MR) is 86.2 cm³/mol. The van der Waals surface area contributed by atoms with Crippen LogP contribution in [0.4, 0.5) is 0 Å². The Hall–Kier alpha value is -2.82. The summed E-state index contributed by atoms with van der Waals surface area (Å²) in [5, 5.41) is 8.75. The van der Waals surface area contributed by atoms with Gasteiger partial charge in [0.2, 0.25) is 0 Å². The van der Waals surface area contributed by atoms with E-state index in [1.54, 1.807) is 19.2 Å². The van der Waals surface area contributed by atoms with Crippen molar-refractivity contribution in [3.63, 3.8) is 0 Å². The minimum Gasteiger partial charge on any atom is -0.496 e. The van der Waals surface area contributed by atoms with Gasteiger partial charge >= 0.3 is 5.97 Å². The standard InChI is InChI=1S/C18H18O5/c1-22-16-11-17(23-2)14(15(19)8-9-18(20)21)10-13(16)12-6-4-3-5-7-12/h3-7,10-11H,8-9H2,1-2H3,(H,20,21). The fourth-order valence-corrected chi connectivity index (χ4v) is 2.32. The number of carbonyl (C=O) groups is 2. The van der Waals surface area contributed by atoms with Crippen LogP contribution in [0.5, 0.6) is 11.5 Å². The molecule has 0 fully saturated rings. The largest absolute Gasteiger partial charge is 0.496 e. The van der Waals surface area contributed by atoms with Gasteiger partial charge in [0.25, 0.3) is 0 Å². The number of carboxylic acid groups (broad SMARTS) is 1. The summed E-state index contributed by atoms with van der Waals surface area (Å²) in [6, 6.07) is 12.9. The van der Waals surface area contributed by atoms with Crippen molar-refractivity contribution in [1.82, 2.24) is 0 Å². The molecule has 2 rings (SSSR count). The third-order valence-electron chi connectivity index (χ3n) is 3.47. The maximum atomic E-state index is 12.3. The van der Waals surface area contributed by atoms with E-state index in [0.29, 0.717) is 17.1 Å². The highest BCUT2D eigenvalue weighted by molar-refractivity contribution is 6.01. The summed E-state index contributed by atoms with van der Waals surface area (Å²) >= 11 is 0. The zero-order valence-electron chi connectivity index (χ0n) is 13.0. The van der Waals surface area contributed by atoms with Crippen LogP contribution in [-0.4, -0.2) is 31.1 Å². The van der Waals surface area contributed by atoms with Crippen LogP contribution >= 0.6 is 0 Å². The summed E-state index contributed by atoms with van der Waals surface area (Å²) in [7, 11) is 3.01. The van der Waals surface area contributed by atoms with Crippen molar-refractivity contribution in [3.05, 3.63) is 48.0 Å². The van der Waals surface area contributed by atoms with Gasteiger partial charge in [-0.3, -0.25) is 9.59 Å². The second-order valence-corrected chi connectivity index (χ2v) is 4.94. The minimum absolute atomic E-state index is 0.0771. The van der Waals surface area contributed by atoms with E-state index in [-0.39, 0.29) is 18.6 Å². The molecule has 5 heteroatoms. The Bertz CT molecular complexity index is 707. The van der Waals surface area contributed by atoms with Crippen molar-refractivity contribution >= 4 is 11.8 Å². The van der Waals surface area contributed by atoms with Gasteiger partial charge in [-0.05, 0) is 11.6 Å². The van der Waals surface area contributed by atoms with E-state index >= 15 is 0 Å². The number of aliphatic carboxylic acids is 1. The van der Waals surface area contributed by atoms with Crippen LogP contribution in [0.25, 0.3) is 11.1 Å². The molecule has 0 heterocycles. The second kappa shape index (κ2) is 7.45. The molecule has 0 saturated carbocycles. The molecule has 0 aromatic heterocycles. The van der Waals surface area contributed by atoms with Crippen LogP contribution < -0.4 is 9.47 Å². The van der Waals surface area contributed by atoms with Gasteiger partial charge in [-0.1, -0.05) is 30.3 Å². The molecule has 0 unspecified atom stereocenters. The van der Waals surface area contributed by atoms with Crippen LogP contribution in [0.1, 0.15) is 23.2 Å². The molecule has 2 aromatic carbocycles. The van der Waals surface area contributed by atoms with Crippen LogP contribution in [0, 0.1) is 0 Å². The molecule has 0 spiro atoms. The average Bonchev–Trinajstić information content (AvgIpc) is 2.59. The molecule has 1 N–H and O–H groups in total. The molecule has 0 saturated heterocycles. The highest BCUT2D eigenvalue weighted by Crippen LogP contribution is 2.36. The number of carboxylic acids is 1. The van der Waals surface area contributed by atoms with E-state index in [4.69, 9.17) is 14.6 Å². The molecule has 0 radical (unpaired) electrons. The highest BCUT2D eigenvalue weighted by Gasteiger charge is 2.18. The molecule has 2 aromatic rings. The van der Waals surface area contributed by atoms with Crippen LogP contribution in [0.3, 0.4) is 0 Å². The van der Waals surface area contributed by atoms with Crippen molar-refractivity contribution in [2.45, 2.75) is 12.8 Å². The summed E-state index contributed by atoms with van der Waals surface area (Å²) in [4.78, 5) is 23.0. The first-order valence-corrected chi connectivity index (χ1v) is 7.13. The summed E-state index contributed by atoms with van der Waals surface area (Å²) in [5.41, 5.74) is 2.01. The van der Waals surface area contributed by atoms with E-state index in [1.165, 1.54) is 7.11 Å². The maximum Gasteiger partial charge on any atom is 0.303 e. The fraction of sp³-hybridized carbons (Fsp3) is 0.222. The second-order valence-electron chi connectivity index (χ2n) is 4.94. The third kappa shape index (κ3) is 3.88. The van der Waals surface area contributed by atoms with Gasteiger partial charge in [-0.25, -0.2) is 0 Å².